The Morgan fingerprint density at radius 1 is 0.949 bits per heavy atom. The number of halogens is 1. The van der Waals surface area contributed by atoms with Crippen LogP contribution in [0.1, 0.15) is 58.9 Å². The van der Waals surface area contributed by atoms with Gasteiger partial charge in [0.1, 0.15) is 11.6 Å². The van der Waals surface area contributed by atoms with Crippen LogP contribution < -0.4 is 4.90 Å². The number of aromatic nitrogens is 2. The Labute approximate surface area is 242 Å². The summed E-state index contributed by atoms with van der Waals surface area (Å²) in [6.45, 7) is 7.81. The molecule has 1 amide bonds. The van der Waals surface area contributed by atoms with Crippen molar-refractivity contribution in [1.29, 1.82) is 0 Å². The van der Waals surface area contributed by atoms with Crippen LogP contribution in [0.3, 0.4) is 0 Å². The van der Waals surface area contributed by atoms with Crippen molar-refractivity contribution in [2.24, 2.45) is 5.92 Å². The number of hydrogen-bond donors (Lipinski definition) is 0. The number of carbonyl (C=O) groups excluding carboxylic acids is 2. The van der Waals surface area contributed by atoms with Crippen LogP contribution in [0.25, 0.3) is 5.69 Å². The molecule has 5 rings (SSSR count). The second-order valence-electron chi connectivity index (χ2n) is 10.0. The van der Waals surface area contributed by atoms with E-state index in [-0.39, 0.29) is 57.0 Å². The maximum atomic E-state index is 14.3. The van der Waals surface area contributed by atoms with E-state index in [1.54, 1.807) is 23.1 Å². The van der Waals surface area contributed by atoms with Crippen LogP contribution in [0.4, 0.5) is 10.2 Å². The molecule has 39 heavy (non-hydrogen) atoms. The van der Waals surface area contributed by atoms with Gasteiger partial charge in [-0.1, -0.05) is 54.1 Å². The number of nitrogens with zero attached hydrogens (tertiary/aromatic N) is 3. The van der Waals surface area contributed by atoms with Crippen LogP contribution >= 0.6 is 27.0 Å². The molecule has 0 spiro atoms. The lowest BCUT2D eigenvalue weighted by atomic mass is 9.74. The molecule has 1 aliphatic heterocycles. The van der Waals surface area contributed by atoms with E-state index >= 15 is 0 Å². The first-order chi connectivity index (χ1) is 17.8. The molecule has 204 valence electrons. The van der Waals surface area contributed by atoms with E-state index in [1.807, 2.05) is 80.9 Å². The molecule has 5 nitrogen and oxygen atoms in total. The molecule has 0 aliphatic carbocycles. The third-order valence-electron chi connectivity index (χ3n) is 7.07. The highest BCUT2D eigenvalue weighted by Crippen LogP contribution is 2.48. The molecule has 0 bridgehead atoms. The van der Waals surface area contributed by atoms with Crippen LogP contribution in [0.15, 0.2) is 78.9 Å². The van der Waals surface area contributed by atoms with Gasteiger partial charge in [-0.05, 0) is 63.6 Å². The third-order valence-corrected chi connectivity index (χ3v) is 7.07. The number of rotatable bonds is 6. The molecular formula is C31H34FN3O2S2. The van der Waals surface area contributed by atoms with Crippen molar-refractivity contribution in [3.63, 3.8) is 0 Å². The van der Waals surface area contributed by atoms with Crippen molar-refractivity contribution in [2.45, 2.75) is 46.1 Å². The summed E-state index contributed by atoms with van der Waals surface area (Å²) in [5.41, 5.74) is 4.88. The number of para-hydroxylation sites is 1. The Bertz CT molecular complexity index is 1470. The number of fused-ring (bicyclic) bond motifs is 1. The van der Waals surface area contributed by atoms with Crippen LogP contribution in [-0.4, -0.2) is 27.5 Å². The van der Waals surface area contributed by atoms with Crippen molar-refractivity contribution < 1.29 is 14.0 Å². The van der Waals surface area contributed by atoms with Gasteiger partial charge in [0.15, 0.2) is 5.78 Å². The summed E-state index contributed by atoms with van der Waals surface area (Å²) in [6.07, 6.45) is 0.0446. The van der Waals surface area contributed by atoms with Gasteiger partial charge in [-0.25, -0.2) is 9.07 Å². The van der Waals surface area contributed by atoms with Crippen LogP contribution in [-0.2, 0) is 4.79 Å². The van der Waals surface area contributed by atoms with Crippen molar-refractivity contribution in [3.05, 3.63) is 113 Å². The van der Waals surface area contributed by atoms with E-state index in [9.17, 15) is 14.0 Å². The fourth-order valence-corrected chi connectivity index (χ4v) is 5.41. The molecule has 0 unspecified atom stereocenters. The zero-order valence-electron chi connectivity index (χ0n) is 22.5. The zero-order valence-corrected chi connectivity index (χ0v) is 24.5. The molecule has 2 atom stereocenters. The highest BCUT2D eigenvalue weighted by atomic mass is 32.1. The van der Waals surface area contributed by atoms with Gasteiger partial charge in [-0.2, -0.15) is 32.1 Å². The first-order valence-corrected chi connectivity index (χ1v) is 12.6. The molecule has 8 heteroatoms. The normalized spacial score (nSPS) is 16.4. The Morgan fingerprint density at radius 2 is 1.62 bits per heavy atom. The smallest absolute Gasteiger partial charge is 0.232 e. The summed E-state index contributed by atoms with van der Waals surface area (Å²) in [6, 6.07) is 23.2. The summed E-state index contributed by atoms with van der Waals surface area (Å²) in [7, 11) is 0. The van der Waals surface area contributed by atoms with Gasteiger partial charge >= 0.3 is 0 Å². The first-order valence-electron chi connectivity index (χ1n) is 12.6. The molecule has 2 heterocycles. The highest BCUT2D eigenvalue weighted by molar-refractivity contribution is 7.59. The molecule has 0 radical (unpaired) electrons. The number of hydrogen-bond acceptors (Lipinski definition) is 3. The van der Waals surface area contributed by atoms with Crippen LogP contribution in [0.2, 0.25) is 0 Å². The third kappa shape index (κ3) is 5.68. The molecule has 1 aromatic heterocycles. The molecule has 0 saturated carbocycles. The van der Waals surface area contributed by atoms with Gasteiger partial charge in [-0.15, -0.1) is 0 Å². The minimum atomic E-state index is -0.652. The minimum absolute atomic E-state index is 0. The quantitative estimate of drug-likeness (QED) is 0.248. The average molecular weight is 564 g/mol. The largest absolute Gasteiger partial charge is 0.294 e. The van der Waals surface area contributed by atoms with Gasteiger partial charge in [0.2, 0.25) is 5.91 Å². The van der Waals surface area contributed by atoms with E-state index in [1.165, 1.54) is 12.1 Å². The van der Waals surface area contributed by atoms with Gasteiger partial charge < -0.3 is 0 Å². The number of Topliss-reactive ketones (excluding diaryl/α,β-unsaturated/α-hetero) is 1. The zero-order chi connectivity index (χ0) is 26.3. The van der Waals surface area contributed by atoms with Gasteiger partial charge in [-0.3, -0.25) is 14.5 Å². The Morgan fingerprint density at radius 3 is 2.23 bits per heavy atom. The maximum absolute atomic E-state index is 14.3. The number of aryl methyl sites for hydroxylation is 2. The van der Waals surface area contributed by atoms with E-state index in [4.69, 9.17) is 5.10 Å². The van der Waals surface area contributed by atoms with Crippen LogP contribution in [0.5, 0.6) is 0 Å². The van der Waals surface area contributed by atoms with E-state index in [2.05, 4.69) is 0 Å². The maximum Gasteiger partial charge on any atom is 0.232 e. The lowest BCUT2D eigenvalue weighted by Crippen LogP contribution is -2.48. The molecule has 0 fully saturated rings. The number of ketones is 1. The number of benzene rings is 3. The predicted octanol–water partition coefficient (Wildman–Crippen LogP) is 6.63. The summed E-state index contributed by atoms with van der Waals surface area (Å²) in [4.78, 5) is 29.5. The topological polar surface area (TPSA) is 55.2 Å². The van der Waals surface area contributed by atoms with Crippen molar-refractivity contribution >= 4 is 44.5 Å². The van der Waals surface area contributed by atoms with E-state index in [0.29, 0.717) is 11.4 Å². The average Bonchev–Trinajstić information content (AvgIpc) is 3.21. The monoisotopic (exact) mass is 563 g/mol. The van der Waals surface area contributed by atoms with Gasteiger partial charge in [0.25, 0.3) is 0 Å². The summed E-state index contributed by atoms with van der Waals surface area (Å²) in [5.74, 6) is -0.953. The standard InChI is InChI=1S/C31H30FN3O2.2H2S/c1-19(2)34-30-28(21(4)33-35(30)25-11-6-5-7-12-25)29(22-13-15-24(32)16-14-22)26(31(34)37)18-27(36)23-10-8-9-20(3)17-23;;/h5-17,19,26,29H,18H2,1-4H3;2*1H2/t26-,29+;;/m0../s1. The van der Waals surface area contributed by atoms with E-state index < -0.39 is 11.8 Å². The first kappa shape index (κ1) is 30.2. The fourth-order valence-electron chi connectivity index (χ4n) is 5.41. The second-order valence-corrected chi connectivity index (χ2v) is 10.0. The van der Waals surface area contributed by atoms with Gasteiger partial charge in [0.05, 0.1) is 17.3 Å². The number of carbonyl (C=O) groups is 2. The summed E-state index contributed by atoms with van der Waals surface area (Å²) in [5, 5.41) is 4.87. The highest BCUT2D eigenvalue weighted by Gasteiger charge is 2.46. The lowest BCUT2D eigenvalue weighted by Gasteiger charge is -2.40. The lowest BCUT2D eigenvalue weighted by molar-refractivity contribution is -0.123. The molecule has 0 N–H and O–H groups in total. The van der Waals surface area contributed by atoms with Crippen molar-refractivity contribution in [3.8, 4) is 5.69 Å². The van der Waals surface area contributed by atoms with Gasteiger partial charge in [0, 0.05) is 29.5 Å². The molecule has 1 aliphatic rings. The number of amides is 1. The molecule has 0 saturated heterocycles. The number of anilines is 1. The molecule has 3 aromatic carbocycles. The minimum Gasteiger partial charge on any atom is -0.294 e. The Kier molecular flexibility index (Phi) is 9.46. The summed E-state index contributed by atoms with van der Waals surface area (Å²) >= 11 is 0. The van der Waals surface area contributed by atoms with Crippen molar-refractivity contribution in [1.82, 2.24) is 9.78 Å². The summed E-state index contributed by atoms with van der Waals surface area (Å²) < 4.78 is 15.7. The molecular weight excluding hydrogens is 529 g/mol. The van der Waals surface area contributed by atoms with E-state index in [0.717, 1.165) is 28.1 Å². The second kappa shape index (κ2) is 12.2. The fraction of sp³-hybridized carbons (Fsp3) is 0.258. The Balaban J connectivity index is 0.00000210. The SMILES string of the molecule is Cc1cccc(C(=O)C[C@@H]2C(=O)N(C(C)C)c3c(c(C)nn3-c3ccccc3)[C@@H]2c2ccc(F)cc2)c1.S.S. The van der Waals surface area contributed by atoms with Crippen molar-refractivity contribution in [2.75, 3.05) is 4.90 Å². The van der Waals surface area contributed by atoms with Crippen LogP contribution in [0, 0.1) is 25.6 Å². The predicted molar refractivity (Wildman–Crippen MR) is 164 cm³/mol. The molecule has 4 aromatic rings. The Hall–Kier alpha value is -3.36.